The third-order valence-corrected chi connectivity index (χ3v) is 3.21. The molecule has 1 amide bonds. The Morgan fingerprint density at radius 3 is 2.43 bits per heavy atom. The summed E-state index contributed by atoms with van der Waals surface area (Å²) in [6.45, 7) is 0.628. The number of nitrogens with one attached hydrogen (secondary N) is 1. The summed E-state index contributed by atoms with van der Waals surface area (Å²) in [7, 11) is 0. The van der Waals surface area contributed by atoms with Crippen LogP contribution in [0.4, 0.5) is 0 Å². The molecule has 1 aromatic carbocycles. The number of benzene rings is 1. The van der Waals surface area contributed by atoms with Crippen molar-refractivity contribution in [2.75, 3.05) is 6.61 Å². The van der Waals surface area contributed by atoms with Crippen molar-refractivity contribution in [1.82, 2.24) is 5.32 Å². The largest absolute Gasteiger partial charge is 0.391 e. The Morgan fingerprint density at radius 2 is 1.90 bits per heavy atom. The number of carbonyl (C=O) groups excluding carboxylic acids is 2. The highest BCUT2D eigenvalue weighted by Crippen LogP contribution is 2.05. The van der Waals surface area contributed by atoms with Crippen LogP contribution in [0.2, 0.25) is 0 Å². The third kappa shape index (κ3) is 5.63. The van der Waals surface area contributed by atoms with Crippen molar-refractivity contribution in [3.05, 3.63) is 35.9 Å². The molecule has 5 N–H and O–H groups in total. The van der Waals surface area contributed by atoms with E-state index in [-0.39, 0.29) is 0 Å². The molecule has 6 nitrogen and oxygen atoms in total. The molecular weight excluding hydrogens is 272 g/mol. The minimum absolute atomic E-state index is 0.426. The molecule has 0 radical (unpaired) electrons. The van der Waals surface area contributed by atoms with E-state index in [2.05, 4.69) is 5.32 Å². The second-order valence-corrected chi connectivity index (χ2v) is 4.98. The third-order valence-electron chi connectivity index (χ3n) is 3.21. The number of hydrogen-bond acceptors (Lipinski definition) is 5. The summed E-state index contributed by atoms with van der Waals surface area (Å²) in [5.41, 5.74) is 6.86. The highest BCUT2D eigenvalue weighted by Gasteiger charge is 2.26. The fourth-order valence-electron chi connectivity index (χ4n) is 1.93. The number of aliphatic hydroxyl groups is 2. The summed E-state index contributed by atoms with van der Waals surface area (Å²) < 4.78 is 0. The van der Waals surface area contributed by atoms with Crippen LogP contribution in [0.5, 0.6) is 0 Å². The molecule has 0 aliphatic rings. The normalized spacial score (nSPS) is 15.0. The van der Waals surface area contributed by atoms with Gasteiger partial charge in [0.25, 0.3) is 0 Å². The van der Waals surface area contributed by atoms with Gasteiger partial charge in [-0.1, -0.05) is 30.3 Å². The first kappa shape index (κ1) is 17.3. The SMILES string of the molecule is C[C@@H](O)[C@H](NC(=O)[C@@H](N)CCc1ccccc1)C(=O)CO. The van der Waals surface area contributed by atoms with Gasteiger partial charge in [0.15, 0.2) is 5.78 Å². The number of aliphatic hydroxyl groups excluding tert-OH is 2. The first-order chi connectivity index (χ1) is 9.95. The molecular formula is C15H22N2O4. The number of Topliss-reactive ketones (excluding diaryl/α,β-unsaturated/α-hetero) is 1. The highest BCUT2D eigenvalue weighted by molar-refractivity contribution is 5.91. The van der Waals surface area contributed by atoms with Gasteiger partial charge in [-0.15, -0.1) is 0 Å². The Kier molecular flexibility index (Phi) is 7.01. The van der Waals surface area contributed by atoms with E-state index in [9.17, 15) is 14.7 Å². The molecule has 0 fully saturated rings. The predicted octanol–water partition coefficient (Wildman–Crippen LogP) is -0.626. The number of rotatable bonds is 8. The van der Waals surface area contributed by atoms with Crippen LogP contribution in [0.15, 0.2) is 30.3 Å². The van der Waals surface area contributed by atoms with E-state index in [1.807, 2.05) is 30.3 Å². The number of nitrogens with two attached hydrogens (primary N) is 1. The van der Waals surface area contributed by atoms with Crippen LogP contribution in [0, 0.1) is 0 Å². The first-order valence-electron chi connectivity index (χ1n) is 6.87. The molecule has 0 saturated carbocycles. The van der Waals surface area contributed by atoms with Crippen LogP contribution < -0.4 is 11.1 Å². The van der Waals surface area contributed by atoms with Crippen molar-refractivity contribution in [2.45, 2.75) is 38.0 Å². The van der Waals surface area contributed by atoms with Gasteiger partial charge in [-0.3, -0.25) is 9.59 Å². The molecule has 0 spiro atoms. The summed E-state index contributed by atoms with van der Waals surface area (Å²) in [6.07, 6.45) is -0.0202. The fraction of sp³-hybridized carbons (Fsp3) is 0.467. The van der Waals surface area contributed by atoms with Crippen molar-refractivity contribution in [3.8, 4) is 0 Å². The van der Waals surface area contributed by atoms with Gasteiger partial charge in [0.1, 0.15) is 12.6 Å². The van der Waals surface area contributed by atoms with Crippen LogP contribution in [0.1, 0.15) is 18.9 Å². The Morgan fingerprint density at radius 1 is 1.29 bits per heavy atom. The van der Waals surface area contributed by atoms with Gasteiger partial charge in [-0.25, -0.2) is 0 Å². The second kappa shape index (κ2) is 8.51. The maximum atomic E-state index is 11.9. The van der Waals surface area contributed by atoms with Crippen LogP contribution in [-0.2, 0) is 16.0 Å². The zero-order valence-corrected chi connectivity index (χ0v) is 12.0. The predicted molar refractivity (Wildman–Crippen MR) is 78.4 cm³/mol. The molecule has 21 heavy (non-hydrogen) atoms. The molecule has 0 aliphatic carbocycles. The zero-order valence-electron chi connectivity index (χ0n) is 12.0. The van der Waals surface area contributed by atoms with Gasteiger partial charge in [-0.2, -0.15) is 0 Å². The Hall–Kier alpha value is -1.76. The van der Waals surface area contributed by atoms with E-state index in [1.54, 1.807) is 0 Å². The second-order valence-electron chi connectivity index (χ2n) is 4.98. The number of amides is 1. The van der Waals surface area contributed by atoms with Crippen molar-refractivity contribution < 1.29 is 19.8 Å². The average molecular weight is 294 g/mol. The van der Waals surface area contributed by atoms with E-state index in [0.29, 0.717) is 12.8 Å². The van der Waals surface area contributed by atoms with E-state index in [4.69, 9.17) is 10.8 Å². The Labute approximate surface area is 124 Å². The minimum atomic E-state index is -1.13. The Bertz CT molecular complexity index is 462. The van der Waals surface area contributed by atoms with E-state index >= 15 is 0 Å². The molecule has 0 heterocycles. The lowest BCUT2D eigenvalue weighted by atomic mass is 10.0. The van der Waals surface area contributed by atoms with Crippen molar-refractivity contribution >= 4 is 11.7 Å². The summed E-state index contributed by atoms with van der Waals surface area (Å²) in [6, 6.07) is 7.69. The lowest BCUT2D eigenvalue weighted by molar-refractivity contribution is -0.132. The van der Waals surface area contributed by atoms with Gasteiger partial charge in [-0.05, 0) is 25.3 Å². The van der Waals surface area contributed by atoms with Crippen LogP contribution in [0.25, 0.3) is 0 Å². The average Bonchev–Trinajstić information content (AvgIpc) is 2.49. The summed E-state index contributed by atoms with van der Waals surface area (Å²) in [5.74, 6) is -1.16. The quantitative estimate of drug-likeness (QED) is 0.510. The molecule has 3 atom stereocenters. The molecule has 116 valence electrons. The molecule has 0 saturated heterocycles. The van der Waals surface area contributed by atoms with Gasteiger partial charge < -0.3 is 21.3 Å². The van der Waals surface area contributed by atoms with Crippen molar-refractivity contribution in [1.29, 1.82) is 0 Å². The molecule has 0 unspecified atom stereocenters. The van der Waals surface area contributed by atoms with Crippen LogP contribution >= 0.6 is 0 Å². The molecule has 1 rings (SSSR count). The lowest BCUT2D eigenvalue weighted by Gasteiger charge is -2.21. The molecule has 0 bridgehead atoms. The topological polar surface area (TPSA) is 113 Å². The van der Waals surface area contributed by atoms with Gasteiger partial charge in [0.05, 0.1) is 12.1 Å². The van der Waals surface area contributed by atoms with Crippen LogP contribution in [-0.4, -0.2) is 46.7 Å². The fourth-order valence-corrected chi connectivity index (χ4v) is 1.93. The first-order valence-corrected chi connectivity index (χ1v) is 6.87. The van der Waals surface area contributed by atoms with Gasteiger partial charge in [0, 0.05) is 0 Å². The van der Waals surface area contributed by atoms with Gasteiger partial charge >= 0.3 is 0 Å². The number of ketones is 1. The number of carbonyl (C=O) groups is 2. The summed E-state index contributed by atoms with van der Waals surface area (Å²) >= 11 is 0. The summed E-state index contributed by atoms with van der Waals surface area (Å²) in [5, 5.41) is 20.7. The molecule has 0 aromatic heterocycles. The van der Waals surface area contributed by atoms with E-state index in [1.165, 1.54) is 6.92 Å². The van der Waals surface area contributed by atoms with Gasteiger partial charge in [0.2, 0.25) is 5.91 Å². The maximum Gasteiger partial charge on any atom is 0.237 e. The highest BCUT2D eigenvalue weighted by atomic mass is 16.3. The van der Waals surface area contributed by atoms with E-state index < -0.39 is 36.5 Å². The van der Waals surface area contributed by atoms with E-state index in [0.717, 1.165) is 5.56 Å². The minimum Gasteiger partial charge on any atom is -0.391 e. The maximum absolute atomic E-state index is 11.9. The monoisotopic (exact) mass is 294 g/mol. The molecule has 6 heteroatoms. The molecule has 1 aromatic rings. The Balaban J connectivity index is 2.51. The summed E-state index contributed by atoms with van der Waals surface area (Å²) in [4.78, 5) is 23.3. The van der Waals surface area contributed by atoms with Crippen LogP contribution in [0.3, 0.4) is 0 Å². The van der Waals surface area contributed by atoms with Crippen molar-refractivity contribution in [3.63, 3.8) is 0 Å². The lowest BCUT2D eigenvalue weighted by Crippen LogP contribution is -2.53. The zero-order chi connectivity index (χ0) is 15.8. The smallest absolute Gasteiger partial charge is 0.237 e. The standard InChI is InChI=1S/C15H22N2O4/c1-10(19)14(13(20)9-18)17-15(21)12(16)8-7-11-5-3-2-4-6-11/h2-6,10,12,14,18-19H,7-9,16H2,1H3,(H,17,21)/t10-,12+,14+/m1/s1. The number of aryl methyl sites for hydroxylation is 1. The van der Waals surface area contributed by atoms with Crippen molar-refractivity contribution in [2.24, 2.45) is 5.73 Å². The molecule has 0 aliphatic heterocycles. The number of hydrogen-bond donors (Lipinski definition) is 4.